The predicted molar refractivity (Wildman–Crippen MR) is 90.9 cm³/mol. The number of nitrogens with zero attached hydrogens (tertiary/aromatic N) is 3. The van der Waals surface area contributed by atoms with Crippen molar-refractivity contribution in [3.05, 3.63) is 18.3 Å². The molecule has 2 aliphatic rings. The van der Waals surface area contributed by atoms with Crippen LogP contribution in [0.3, 0.4) is 0 Å². The normalized spacial score (nSPS) is 23.5. The maximum absolute atomic E-state index is 12.0. The van der Waals surface area contributed by atoms with Gasteiger partial charge in [0.25, 0.3) is 0 Å². The van der Waals surface area contributed by atoms with Crippen molar-refractivity contribution in [1.29, 1.82) is 0 Å². The van der Waals surface area contributed by atoms with E-state index in [0.717, 1.165) is 44.6 Å². The zero-order valence-corrected chi connectivity index (χ0v) is 14.0. The van der Waals surface area contributed by atoms with Crippen LogP contribution < -0.4 is 15.5 Å². The van der Waals surface area contributed by atoms with E-state index in [4.69, 9.17) is 0 Å². The van der Waals surface area contributed by atoms with E-state index in [1.807, 2.05) is 12.1 Å². The summed E-state index contributed by atoms with van der Waals surface area (Å²) in [5.74, 6) is 1.04. The number of aromatic nitrogens is 2. The number of anilines is 1. The van der Waals surface area contributed by atoms with Crippen LogP contribution in [-0.4, -0.2) is 47.8 Å². The maximum atomic E-state index is 12.0. The van der Waals surface area contributed by atoms with Crippen molar-refractivity contribution in [1.82, 2.24) is 20.8 Å². The molecule has 0 saturated carbocycles. The molecule has 124 valence electrons. The minimum atomic E-state index is 0. The Hall–Kier alpha value is -1.11. The Morgan fingerprint density at radius 1 is 1.36 bits per heavy atom. The molecule has 0 aliphatic carbocycles. The second-order valence-corrected chi connectivity index (χ2v) is 5.47. The molecule has 0 aromatic carbocycles. The molecule has 6 nitrogen and oxygen atoms in total. The third-order valence-electron chi connectivity index (χ3n) is 4.12. The minimum Gasteiger partial charge on any atom is -0.353 e. The Balaban J connectivity index is 0.00000121. The highest BCUT2D eigenvalue weighted by molar-refractivity contribution is 5.85. The summed E-state index contributed by atoms with van der Waals surface area (Å²) in [4.78, 5) is 14.3. The third-order valence-corrected chi connectivity index (χ3v) is 4.12. The van der Waals surface area contributed by atoms with Gasteiger partial charge in [-0.3, -0.25) is 4.79 Å². The monoisotopic (exact) mass is 347 g/mol. The summed E-state index contributed by atoms with van der Waals surface area (Å²) < 4.78 is 0. The van der Waals surface area contributed by atoms with Crippen molar-refractivity contribution in [2.75, 3.05) is 24.5 Å². The Labute approximate surface area is 143 Å². The largest absolute Gasteiger partial charge is 0.353 e. The summed E-state index contributed by atoms with van der Waals surface area (Å²) in [5.41, 5.74) is 0. The standard InChI is InChI=1S/C14H21N5O.2ClH/c20-14(12-5-1-7-15-12)16-10-11-4-3-9-19(11)13-6-2-8-17-18-13;;/h2,6,8,11-12,15H,1,3-5,7,9-10H2,(H,16,20);2*1H/t11?,12-;;/m0../s1. The van der Waals surface area contributed by atoms with Gasteiger partial charge in [0, 0.05) is 25.3 Å². The van der Waals surface area contributed by atoms with Crippen LogP contribution in [0.5, 0.6) is 0 Å². The van der Waals surface area contributed by atoms with Gasteiger partial charge in [-0.2, -0.15) is 5.10 Å². The fraction of sp³-hybridized carbons (Fsp3) is 0.643. The van der Waals surface area contributed by atoms with Crippen LogP contribution in [0, 0.1) is 0 Å². The van der Waals surface area contributed by atoms with Crippen LogP contribution in [0.15, 0.2) is 18.3 Å². The lowest BCUT2D eigenvalue weighted by Gasteiger charge is -2.25. The first-order valence-electron chi connectivity index (χ1n) is 7.40. The molecule has 2 saturated heterocycles. The van der Waals surface area contributed by atoms with E-state index < -0.39 is 0 Å². The zero-order valence-electron chi connectivity index (χ0n) is 12.4. The van der Waals surface area contributed by atoms with Crippen LogP contribution >= 0.6 is 24.8 Å². The molecule has 2 atom stereocenters. The molecule has 2 aliphatic heterocycles. The smallest absolute Gasteiger partial charge is 0.237 e. The second kappa shape index (κ2) is 9.12. The van der Waals surface area contributed by atoms with Crippen molar-refractivity contribution >= 4 is 36.5 Å². The molecule has 22 heavy (non-hydrogen) atoms. The van der Waals surface area contributed by atoms with Crippen LogP contribution in [0.2, 0.25) is 0 Å². The Morgan fingerprint density at radius 2 is 2.23 bits per heavy atom. The summed E-state index contributed by atoms with van der Waals surface area (Å²) in [6, 6.07) is 4.21. The number of hydrogen-bond acceptors (Lipinski definition) is 5. The predicted octanol–water partition coefficient (Wildman–Crippen LogP) is 1.16. The second-order valence-electron chi connectivity index (χ2n) is 5.47. The van der Waals surface area contributed by atoms with Gasteiger partial charge < -0.3 is 15.5 Å². The van der Waals surface area contributed by atoms with Crippen molar-refractivity contribution in [3.63, 3.8) is 0 Å². The number of carbonyl (C=O) groups is 1. The topological polar surface area (TPSA) is 70.2 Å². The lowest BCUT2D eigenvalue weighted by Crippen LogP contribution is -2.46. The molecule has 8 heteroatoms. The fourth-order valence-corrected chi connectivity index (χ4v) is 3.05. The summed E-state index contributed by atoms with van der Waals surface area (Å²) in [6.07, 6.45) is 5.95. The third kappa shape index (κ3) is 4.44. The van der Waals surface area contributed by atoms with Gasteiger partial charge in [0.1, 0.15) is 0 Å². The number of nitrogens with one attached hydrogen (secondary N) is 2. The van der Waals surface area contributed by atoms with Gasteiger partial charge in [-0.05, 0) is 44.4 Å². The number of carbonyl (C=O) groups excluding carboxylic acids is 1. The maximum Gasteiger partial charge on any atom is 0.237 e. The van der Waals surface area contributed by atoms with Gasteiger partial charge in [0.15, 0.2) is 5.82 Å². The van der Waals surface area contributed by atoms with Crippen LogP contribution in [0.1, 0.15) is 25.7 Å². The zero-order chi connectivity index (χ0) is 13.8. The average Bonchev–Trinajstić information content (AvgIpc) is 3.17. The van der Waals surface area contributed by atoms with E-state index in [2.05, 4.69) is 25.7 Å². The minimum absolute atomic E-state index is 0. The molecular weight excluding hydrogens is 325 g/mol. The number of halogens is 2. The van der Waals surface area contributed by atoms with Gasteiger partial charge in [-0.25, -0.2) is 0 Å². The van der Waals surface area contributed by atoms with Gasteiger partial charge >= 0.3 is 0 Å². The molecule has 2 N–H and O–H groups in total. The van der Waals surface area contributed by atoms with Crippen LogP contribution in [0.4, 0.5) is 5.82 Å². The average molecular weight is 348 g/mol. The molecule has 0 radical (unpaired) electrons. The highest BCUT2D eigenvalue weighted by Crippen LogP contribution is 2.22. The Morgan fingerprint density at radius 3 is 2.91 bits per heavy atom. The molecular formula is C14H23Cl2N5O. The van der Waals surface area contributed by atoms with Crippen molar-refractivity contribution < 1.29 is 4.79 Å². The highest BCUT2D eigenvalue weighted by Gasteiger charge is 2.28. The Kier molecular flexibility index (Phi) is 7.85. The number of hydrogen-bond donors (Lipinski definition) is 2. The van der Waals surface area contributed by atoms with Crippen molar-refractivity contribution in [3.8, 4) is 0 Å². The lowest BCUT2D eigenvalue weighted by atomic mass is 10.2. The van der Waals surface area contributed by atoms with E-state index in [0.29, 0.717) is 12.6 Å². The van der Waals surface area contributed by atoms with Gasteiger partial charge in [-0.15, -0.1) is 29.9 Å². The van der Waals surface area contributed by atoms with E-state index in [1.165, 1.54) is 0 Å². The van der Waals surface area contributed by atoms with E-state index >= 15 is 0 Å². The summed E-state index contributed by atoms with van der Waals surface area (Å²) in [6.45, 7) is 2.63. The van der Waals surface area contributed by atoms with E-state index in [-0.39, 0.29) is 36.8 Å². The summed E-state index contributed by atoms with van der Waals surface area (Å²) >= 11 is 0. The van der Waals surface area contributed by atoms with Crippen LogP contribution in [-0.2, 0) is 4.79 Å². The summed E-state index contributed by atoms with van der Waals surface area (Å²) in [7, 11) is 0. The van der Waals surface area contributed by atoms with E-state index in [1.54, 1.807) is 6.20 Å². The molecule has 3 heterocycles. The van der Waals surface area contributed by atoms with Crippen LogP contribution in [0.25, 0.3) is 0 Å². The highest BCUT2D eigenvalue weighted by atomic mass is 35.5. The molecule has 0 spiro atoms. The molecule has 1 aromatic heterocycles. The van der Waals surface area contributed by atoms with Crippen molar-refractivity contribution in [2.24, 2.45) is 0 Å². The van der Waals surface area contributed by atoms with Crippen molar-refractivity contribution in [2.45, 2.75) is 37.8 Å². The lowest BCUT2D eigenvalue weighted by molar-refractivity contribution is -0.122. The SMILES string of the molecule is Cl.Cl.O=C(NCC1CCCN1c1cccnn1)[C@@H]1CCCN1. The van der Waals surface area contributed by atoms with Gasteiger partial charge in [0.2, 0.25) is 5.91 Å². The molecule has 1 amide bonds. The molecule has 1 aromatic rings. The fourth-order valence-electron chi connectivity index (χ4n) is 3.05. The summed E-state index contributed by atoms with van der Waals surface area (Å²) in [5, 5.41) is 14.4. The first-order valence-corrected chi connectivity index (χ1v) is 7.40. The van der Waals surface area contributed by atoms with E-state index in [9.17, 15) is 4.79 Å². The first kappa shape index (κ1) is 18.9. The molecule has 2 fully saturated rings. The Bertz CT molecular complexity index is 456. The quantitative estimate of drug-likeness (QED) is 0.855. The number of amides is 1. The molecule has 0 bridgehead atoms. The van der Waals surface area contributed by atoms with Gasteiger partial charge in [-0.1, -0.05) is 0 Å². The first-order chi connectivity index (χ1) is 9.84. The number of rotatable bonds is 4. The molecule has 3 rings (SSSR count). The molecule has 1 unspecified atom stereocenters. The van der Waals surface area contributed by atoms with Gasteiger partial charge in [0.05, 0.1) is 6.04 Å².